The lowest BCUT2D eigenvalue weighted by Gasteiger charge is -2.11. The lowest BCUT2D eigenvalue weighted by Crippen LogP contribution is -2.13. The number of rotatable bonds is 4. The Morgan fingerprint density at radius 1 is 1.25 bits per heavy atom. The molecule has 0 aliphatic rings. The predicted octanol–water partition coefficient (Wildman–Crippen LogP) is 5.01. The average molecular weight is 306 g/mol. The number of anilines is 1. The second-order valence-electron chi connectivity index (χ2n) is 4.34. The number of nitrogens with one attached hydrogen (secondary N) is 1. The summed E-state index contributed by atoms with van der Waals surface area (Å²) in [5, 5.41) is 3.54. The molecule has 0 saturated heterocycles. The van der Waals surface area contributed by atoms with Crippen LogP contribution in [-0.2, 0) is 0 Å². The van der Waals surface area contributed by atoms with Crippen LogP contribution in [0.15, 0.2) is 47.4 Å². The standard InChI is InChI=1S/C16H16ClNOS/c1-3-20-15-7-5-4-6-13(15)16(19)18-14-10-12(17)9-8-11(14)2/h4-10H,3H2,1-2H3,(H,18,19). The summed E-state index contributed by atoms with van der Waals surface area (Å²) in [6.45, 7) is 4.01. The highest BCUT2D eigenvalue weighted by molar-refractivity contribution is 7.99. The average Bonchev–Trinajstić information content (AvgIpc) is 2.44. The maximum Gasteiger partial charge on any atom is 0.256 e. The molecule has 1 N–H and O–H groups in total. The molecular weight excluding hydrogens is 290 g/mol. The minimum absolute atomic E-state index is 0.105. The molecule has 104 valence electrons. The zero-order chi connectivity index (χ0) is 14.5. The first-order valence-corrected chi connectivity index (χ1v) is 7.77. The maximum atomic E-state index is 12.4. The molecule has 0 saturated carbocycles. The van der Waals surface area contributed by atoms with Crippen molar-refractivity contribution < 1.29 is 4.79 Å². The zero-order valence-corrected chi connectivity index (χ0v) is 13.0. The van der Waals surface area contributed by atoms with Crippen molar-refractivity contribution in [2.24, 2.45) is 0 Å². The summed E-state index contributed by atoms with van der Waals surface area (Å²) in [6, 6.07) is 13.1. The van der Waals surface area contributed by atoms with Gasteiger partial charge in [0.2, 0.25) is 0 Å². The van der Waals surface area contributed by atoms with E-state index in [1.54, 1.807) is 17.8 Å². The molecule has 0 atom stereocenters. The number of aryl methyl sites for hydroxylation is 1. The van der Waals surface area contributed by atoms with Crippen LogP contribution in [-0.4, -0.2) is 11.7 Å². The Bertz CT molecular complexity index is 628. The number of amides is 1. The van der Waals surface area contributed by atoms with Crippen LogP contribution in [0.1, 0.15) is 22.8 Å². The maximum absolute atomic E-state index is 12.4. The fourth-order valence-electron chi connectivity index (χ4n) is 1.85. The summed E-state index contributed by atoms with van der Waals surface area (Å²) in [7, 11) is 0. The lowest BCUT2D eigenvalue weighted by atomic mass is 10.1. The number of hydrogen-bond acceptors (Lipinski definition) is 2. The largest absolute Gasteiger partial charge is 0.322 e. The van der Waals surface area contributed by atoms with E-state index in [0.29, 0.717) is 10.6 Å². The highest BCUT2D eigenvalue weighted by Gasteiger charge is 2.12. The fraction of sp³-hybridized carbons (Fsp3) is 0.188. The van der Waals surface area contributed by atoms with Gasteiger partial charge in [0.15, 0.2) is 0 Å². The Hall–Kier alpha value is -1.45. The third-order valence-corrected chi connectivity index (χ3v) is 4.07. The van der Waals surface area contributed by atoms with Crippen molar-refractivity contribution >= 4 is 35.0 Å². The van der Waals surface area contributed by atoms with Gasteiger partial charge in [-0.3, -0.25) is 4.79 Å². The monoisotopic (exact) mass is 305 g/mol. The minimum atomic E-state index is -0.105. The van der Waals surface area contributed by atoms with Crippen LogP contribution in [0.25, 0.3) is 0 Å². The van der Waals surface area contributed by atoms with E-state index >= 15 is 0 Å². The molecule has 2 aromatic carbocycles. The first kappa shape index (κ1) is 14.9. The SMILES string of the molecule is CCSc1ccccc1C(=O)Nc1cc(Cl)ccc1C. The number of hydrogen-bond donors (Lipinski definition) is 1. The molecule has 0 aromatic heterocycles. The molecule has 2 aromatic rings. The van der Waals surface area contributed by atoms with Gasteiger partial charge in [0.05, 0.1) is 5.56 Å². The van der Waals surface area contributed by atoms with Gasteiger partial charge in [0.25, 0.3) is 5.91 Å². The fourth-order valence-corrected chi connectivity index (χ4v) is 2.83. The number of carbonyl (C=O) groups excluding carboxylic acids is 1. The Labute approximate surface area is 128 Å². The zero-order valence-electron chi connectivity index (χ0n) is 11.4. The topological polar surface area (TPSA) is 29.1 Å². The number of carbonyl (C=O) groups is 1. The molecule has 2 rings (SSSR count). The Balaban J connectivity index is 2.26. The lowest BCUT2D eigenvalue weighted by molar-refractivity contribution is 0.102. The van der Waals surface area contributed by atoms with Gasteiger partial charge in [-0.1, -0.05) is 36.7 Å². The molecule has 0 heterocycles. The van der Waals surface area contributed by atoms with E-state index in [1.807, 2.05) is 43.3 Å². The van der Waals surface area contributed by atoms with E-state index in [0.717, 1.165) is 21.9 Å². The third kappa shape index (κ3) is 3.56. The summed E-state index contributed by atoms with van der Waals surface area (Å²) in [5.41, 5.74) is 2.43. The van der Waals surface area contributed by atoms with Gasteiger partial charge in [-0.25, -0.2) is 0 Å². The molecule has 4 heteroatoms. The van der Waals surface area contributed by atoms with Crippen molar-refractivity contribution in [3.05, 3.63) is 58.6 Å². The molecule has 0 bridgehead atoms. The van der Waals surface area contributed by atoms with Crippen molar-refractivity contribution in [3.63, 3.8) is 0 Å². The Morgan fingerprint density at radius 2 is 2.00 bits per heavy atom. The first-order valence-electron chi connectivity index (χ1n) is 6.41. The van der Waals surface area contributed by atoms with E-state index in [1.165, 1.54) is 0 Å². The molecule has 0 aliphatic carbocycles. The molecule has 2 nitrogen and oxygen atoms in total. The van der Waals surface area contributed by atoms with Crippen molar-refractivity contribution in [1.82, 2.24) is 0 Å². The van der Waals surface area contributed by atoms with E-state index < -0.39 is 0 Å². The Kier molecular flexibility index (Phi) is 5.10. The summed E-state index contributed by atoms with van der Waals surface area (Å²) < 4.78 is 0. The van der Waals surface area contributed by atoms with Gasteiger partial charge >= 0.3 is 0 Å². The quantitative estimate of drug-likeness (QED) is 0.804. The number of halogens is 1. The van der Waals surface area contributed by atoms with Gasteiger partial charge in [-0.15, -0.1) is 11.8 Å². The highest BCUT2D eigenvalue weighted by Crippen LogP contribution is 2.25. The normalized spacial score (nSPS) is 10.3. The molecule has 0 fully saturated rings. The van der Waals surface area contributed by atoms with Crippen LogP contribution in [0.2, 0.25) is 5.02 Å². The molecule has 20 heavy (non-hydrogen) atoms. The Morgan fingerprint density at radius 3 is 2.75 bits per heavy atom. The van der Waals surface area contributed by atoms with Gasteiger partial charge in [0, 0.05) is 15.6 Å². The van der Waals surface area contributed by atoms with Crippen LogP contribution in [0.3, 0.4) is 0 Å². The number of thioether (sulfide) groups is 1. The molecule has 0 aliphatic heterocycles. The van der Waals surface area contributed by atoms with Crippen LogP contribution in [0.4, 0.5) is 5.69 Å². The van der Waals surface area contributed by atoms with Gasteiger partial charge in [-0.05, 0) is 42.5 Å². The van der Waals surface area contributed by atoms with Crippen LogP contribution >= 0.6 is 23.4 Å². The van der Waals surface area contributed by atoms with E-state index in [2.05, 4.69) is 12.2 Å². The molecule has 0 spiro atoms. The van der Waals surface area contributed by atoms with Crippen LogP contribution in [0, 0.1) is 6.92 Å². The smallest absolute Gasteiger partial charge is 0.256 e. The molecule has 0 radical (unpaired) electrons. The van der Waals surface area contributed by atoms with Gasteiger partial charge < -0.3 is 5.32 Å². The van der Waals surface area contributed by atoms with Crippen LogP contribution in [0.5, 0.6) is 0 Å². The molecule has 0 unspecified atom stereocenters. The summed E-state index contributed by atoms with van der Waals surface area (Å²) >= 11 is 7.63. The predicted molar refractivity (Wildman–Crippen MR) is 87.0 cm³/mol. The van der Waals surface area contributed by atoms with Crippen molar-refractivity contribution in [2.75, 3.05) is 11.1 Å². The second-order valence-corrected chi connectivity index (χ2v) is 6.08. The van der Waals surface area contributed by atoms with Gasteiger partial charge in [0.1, 0.15) is 0 Å². The summed E-state index contributed by atoms with van der Waals surface area (Å²) in [5.74, 6) is 0.826. The second kappa shape index (κ2) is 6.82. The van der Waals surface area contributed by atoms with Crippen molar-refractivity contribution in [2.45, 2.75) is 18.7 Å². The van der Waals surface area contributed by atoms with E-state index in [-0.39, 0.29) is 5.91 Å². The summed E-state index contributed by atoms with van der Waals surface area (Å²) in [6.07, 6.45) is 0. The minimum Gasteiger partial charge on any atom is -0.322 e. The van der Waals surface area contributed by atoms with Crippen LogP contribution < -0.4 is 5.32 Å². The third-order valence-electron chi connectivity index (χ3n) is 2.88. The number of benzene rings is 2. The van der Waals surface area contributed by atoms with E-state index in [4.69, 9.17) is 11.6 Å². The summed E-state index contributed by atoms with van der Waals surface area (Å²) in [4.78, 5) is 13.4. The van der Waals surface area contributed by atoms with Crippen molar-refractivity contribution in [1.29, 1.82) is 0 Å². The van der Waals surface area contributed by atoms with Gasteiger partial charge in [-0.2, -0.15) is 0 Å². The first-order chi connectivity index (χ1) is 9.61. The molecular formula is C16H16ClNOS. The van der Waals surface area contributed by atoms with E-state index in [9.17, 15) is 4.79 Å². The van der Waals surface area contributed by atoms with Crippen molar-refractivity contribution in [3.8, 4) is 0 Å². The highest BCUT2D eigenvalue weighted by atomic mass is 35.5. The molecule has 1 amide bonds.